The fourth-order valence-corrected chi connectivity index (χ4v) is 4.17. The minimum absolute atomic E-state index is 0. The number of fused-ring (bicyclic) bond motifs is 1. The predicted octanol–water partition coefficient (Wildman–Crippen LogP) is 3.40. The summed E-state index contributed by atoms with van der Waals surface area (Å²) in [7, 11) is 1.94. The lowest BCUT2D eigenvalue weighted by Crippen LogP contribution is -2.38. The Bertz CT molecular complexity index is 853. The van der Waals surface area contributed by atoms with Crippen molar-refractivity contribution in [1.29, 1.82) is 0 Å². The topological polar surface area (TPSA) is 51.0 Å². The number of hydrogen-bond acceptors (Lipinski definition) is 4. The maximum Gasteiger partial charge on any atom is 0.227 e. The van der Waals surface area contributed by atoms with E-state index in [9.17, 15) is 4.79 Å². The van der Waals surface area contributed by atoms with Crippen LogP contribution in [0.2, 0.25) is 0 Å². The van der Waals surface area contributed by atoms with Gasteiger partial charge in [-0.15, -0.1) is 12.4 Å². The third-order valence-electron chi connectivity index (χ3n) is 4.80. The molecule has 0 saturated carbocycles. The van der Waals surface area contributed by atoms with Gasteiger partial charge in [-0.05, 0) is 47.4 Å². The third kappa shape index (κ3) is 3.55. The zero-order valence-corrected chi connectivity index (χ0v) is 15.7. The standard InChI is InChI=1S/C18H20N4OS.ClH/c1-21-18-15(3-2-7-19-18)17(20-21)14-4-8-22(9-5-14)16(23)11-13-6-10-24-12-13;/h2-3,6-7,10,12,14H,4-5,8-9,11H2,1H3;1H. The fourth-order valence-electron chi connectivity index (χ4n) is 3.50. The van der Waals surface area contributed by atoms with Gasteiger partial charge in [0, 0.05) is 37.6 Å². The second kappa shape index (κ2) is 7.54. The summed E-state index contributed by atoms with van der Waals surface area (Å²) in [6.45, 7) is 1.62. The van der Waals surface area contributed by atoms with Crippen LogP contribution >= 0.6 is 23.7 Å². The first kappa shape index (κ1) is 17.9. The number of rotatable bonds is 3. The van der Waals surface area contributed by atoms with E-state index in [0.29, 0.717) is 12.3 Å². The van der Waals surface area contributed by atoms with Crippen molar-refractivity contribution < 1.29 is 4.79 Å². The lowest BCUT2D eigenvalue weighted by molar-refractivity contribution is -0.131. The van der Waals surface area contributed by atoms with E-state index >= 15 is 0 Å². The lowest BCUT2D eigenvalue weighted by atomic mass is 9.92. The van der Waals surface area contributed by atoms with E-state index in [2.05, 4.69) is 16.4 Å². The minimum Gasteiger partial charge on any atom is -0.342 e. The number of pyridine rings is 1. The number of likely N-dealkylation sites (tertiary alicyclic amines) is 1. The first-order valence-electron chi connectivity index (χ1n) is 8.29. The van der Waals surface area contributed by atoms with Crippen LogP contribution in [-0.4, -0.2) is 38.7 Å². The molecule has 4 rings (SSSR count). The number of nitrogens with zero attached hydrogens (tertiary/aromatic N) is 4. The van der Waals surface area contributed by atoms with Crippen molar-refractivity contribution in [2.45, 2.75) is 25.2 Å². The van der Waals surface area contributed by atoms with Crippen molar-refractivity contribution in [3.05, 3.63) is 46.4 Å². The molecule has 0 N–H and O–H groups in total. The highest BCUT2D eigenvalue weighted by molar-refractivity contribution is 7.08. The van der Waals surface area contributed by atoms with E-state index in [1.165, 1.54) is 0 Å². The molecular formula is C18H21ClN4OS. The van der Waals surface area contributed by atoms with E-state index < -0.39 is 0 Å². The van der Waals surface area contributed by atoms with E-state index in [1.807, 2.05) is 34.1 Å². The molecule has 1 fully saturated rings. The molecule has 1 aliphatic heterocycles. The zero-order valence-electron chi connectivity index (χ0n) is 14.1. The summed E-state index contributed by atoms with van der Waals surface area (Å²) in [6, 6.07) is 6.09. The van der Waals surface area contributed by atoms with Crippen molar-refractivity contribution in [3.63, 3.8) is 0 Å². The monoisotopic (exact) mass is 376 g/mol. The Labute approximate surface area is 157 Å². The Morgan fingerprint density at radius 2 is 2.12 bits per heavy atom. The highest BCUT2D eigenvalue weighted by Crippen LogP contribution is 2.31. The summed E-state index contributed by atoms with van der Waals surface area (Å²) in [5.41, 5.74) is 3.18. The smallest absolute Gasteiger partial charge is 0.227 e. The Morgan fingerprint density at radius 3 is 2.84 bits per heavy atom. The first-order chi connectivity index (χ1) is 11.7. The molecule has 132 valence electrons. The average Bonchev–Trinajstić information content (AvgIpc) is 3.24. The minimum atomic E-state index is 0. The van der Waals surface area contributed by atoms with Crippen molar-refractivity contribution in [3.8, 4) is 0 Å². The molecule has 1 saturated heterocycles. The van der Waals surface area contributed by atoms with Crippen LogP contribution in [0.1, 0.15) is 30.0 Å². The van der Waals surface area contributed by atoms with Crippen LogP contribution in [0.4, 0.5) is 0 Å². The van der Waals surface area contributed by atoms with Gasteiger partial charge in [0.15, 0.2) is 5.65 Å². The molecule has 0 radical (unpaired) electrons. The van der Waals surface area contributed by atoms with Crippen molar-refractivity contribution in [2.24, 2.45) is 7.05 Å². The molecule has 3 aromatic rings. The number of amides is 1. The highest BCUT2D eigenvalue weighted by Gasteiger charge is 2.27. The lowest BCUT2D eigenvalue weighted by Gasteiger charge is -2.31. The van der Waals surface area contributed by atoms with Gasteiger partial charge in [0.05, 0.1) is 12.1 Å². The predicted molar refractivity (Wildman–Crippen MR) is 102 cm³/mol. The second-order valence-electron chi connectivity index (χ2n) is 6.35. The summed E-state index contributed by atoms with van der Waals surface area (Å²) in [6.07, 6.45) is 4.26. The third-order valence-corrected chi connectivity index (χ3v) is 5.53. The van der Waals surface area contributed by atoms with E-state index in [1.54, 1.807) is 17.5 Å². The first-order valence-corrected chi connectivity index (χ1v) is 9.23. The SMILES string of the molecule is Cl.Cn1nc(C2CCN(C(=O)Cc3ccsc3)CC2)c2cccnc21. The number of thiophene rings is 1. The summed E-state index contributed by atoms with van der Waals surface area (Å²) in [4.78, 5) is 18.8. The maximum atomic E-state index is 12.4. The van der Waals surface area contributed by atoms with Crippen LogP contribution < -0.4 is 0 Å². The molecule has 0 bridgehead atoms. The van der Waals surface area contributed by atoms with Crippen LogP contribution in [0.5, 0.6) is 0 Å². The molecule has 0 spiro atoms. The van der Waals surface area contributed by atoms with Gasteiger partial charge >= 0.3 is 0 Å². The Morgan fingerprint density at radius 1 is 1.32 bits per heavy atom. The molecule has 7 heteroatoms. The normalized spacial score (nSPS) is 15.3. The molecule has 0 atom stereocenters. The fraction of sp³-hybridized carbons (Fsp3) is 0.389. The van der Waals surface area contributed by atoms with Crippen LogP contribution in [0.15, 0.2) is 35.2 Å². The van der Waals surface area contributed by atoms with Gasteiger partial charge < -0.3 is 4.90 Å². The van der Waals surface area contributed by atoms with Gasteiger partial charge in [-0.1, -0.05) is 0 Å². The Balaban J connectivity index is 0.00000182. The van der Waals surface area contributed by atoms with Gasteiger partial charge in [0.25, 0.3) is 0 Å². The second-order valence-corrected chi connectivity index (χ2v) is 7.13. The molecule has 0 aromatic carbocycles. The molecule has 0 aliphatic carbocycles. The number of aromatic nitrogens is 3. The number of aryl methyl sites for hydroxylation is 1. The molecule has 1 amide bonds. The maximum absolute atomic E-state index is 12.4. The number of carbonyl (C=O) groups excluding carboxylic acids is 1. The Kier molecular flexibility index (Phi) is 5.39. The van der Waals surface area contributed by atoms with Crippen LogP contribution in [-0.2, 0) is 18.3 Å². The van der Waals surface area contributed by atoms with Gasteiger partial charge in [-0.25, -0.2) is 4.98 Å². The molecule has 4 heterocycles. The molecule has 5 nitrogen and oxygen atoms in total. The van der Waals surface area contributed by atoms with Crippen molar-refractivity contribution in [1.82, 2.24) is 19.7 Å². The summed E-state index contributed by atoms with van der Waals surface area (Å²) >= 11 is 1.64. The summed E-state index contributed by atoms with van der Waals surface area (Å²) in [5, 5.41) is 9.91. The number of hydrogen-bond donors (Lipinski definition) is 0. The van der Waals surface area contributed by atoms with Gasteiger partial charge in [-0.3, -0.25) is 9.48 Å². The van der Waals surface area contributed by atoms with Crippen molar-refractivity contribution >= 4 is 40.7 Å². The molecule has 3 aromatic heterocycles. The van der Waals surface area contributed by atoms with E-state index in [4.69, 9.17) is 5.10 Å². The van der Waals surface area contributed by atoms with E-state index in [-0.39, 0.29) is 18.3 Å². The van der Waals surface area contributed by atoms with Crippen LogP contribution in [0.25, 0.3) is 11.0 Å². The van der Waals surface area contributed by atoms with Gasteiger partial charge in [-0.2, -0.15) is 16.4 Å². The Hall–Kier alpha value is -1.92. The molecule has 25 heavy (non-hydrogen) atoms. The average molecular weight is 377 g/mol. The highest BCUT2D eigenvalue weighted by atomic mass is 35.5. The quantitative estimate of drug-likeness (QED) is 0.704. The number of halogens is 1. The van der Waals surface area contributed by atoms with Crippen LogP contribution in [0.3, 0.4) is 0 Å². The zero-order chi connectivity index (χ0) is 16.5. The number of carbonyl (C=O) groups is 1. The molecule has 0 unspecified atom stereocenters. The summed E-state index contributed by atoms with van der Waals surface area (Å²) < 4.78 is 1.86. The van der Waals surface area contributed by atoms with Crippen LogP contribution in [0, 0.1) is 0 Å². The van der Waals surface area contributed by atoms with Crippen molar-refractivity contribution in [2.75, 3.05) is 13.1 Å². The van der Waals surface area contributed by atoms with Gasteiger partial charge in [0.1, 0.15) is 0 Å². The molecular weight excluding hydrogens is 356 g/mol. The number of piperidine rings is 1. The molecule has 1 aliphatic rings. The largest absolute Gasteiger partial charge is 0.342 e. The van der Waals surface area contributed by atoms with E-state index in [0.717, 1.165) is 48.2 Å². The van der Waals surface area contributed by atoms with Gasteiger partial charge in [0.2, 0.25) is 5.91 Å². The summed E-state index contributed by atoms with van der Waals surface area (Å²) in [5.74, 6) is 0.641.